The van der Waals surface area contributed by atoms with Gasteiger partial charge in [0.15, 0.2) is 0 Å². The molecule has 4 rings (SSSR count). The molecular weight excluding hydrogens is 440 g/mol. The number of unbranched alkanes of at least 4 members (excludes halogenated alkanes) is 3. The second kappa shape index (κ2) is 10.4. The van der Waals surface area contributed by atoms with E-state index in [1.807, 2.05) is 4.90 Å². The van der Waals surface area contributed by atoms with Crippen LogP contribution in [0.25, 0.3) is 0 Å². The van der Waals surface area contributed by atoms with Crippen molar-refractivity contribution < 1.29 is 24.6 Å². The first-order valence-electron chi connectivity index (χ1n) is 12.7. The minimum atomic E-state index is -0.904. The van der Waals surface area contributed by atoms with Gasteiger partial charge in [0.2, 0.25) is 11.8 Å². The summed E-state index contributed by atoms with van der Waals surface area (Å²) in [6, 6.07) is -0.422. The maximum absolute atomic E-state index is 14.2. The molecule has 1 saturated carbocycles. The van der Waals surface area contributed by atoms with Gasteiger partial charge >= 0.3 is 5.97 Å². The van der Waals surface area contributed by atoms with Gasteiger partial charge in [0.1, 0.15) is 6.04 Å². The molecule has 0 aromatic carbocycles. The number of likely N-dealkylation sites (tertiary alicyclic amines) is 1. The molecule has 2 bridgehead atoms. The quantitative estimate of drug-likeness (QED) is 0.350. The Morgan fingerprint density at radius 1 is 1.15 bits per heavy atom. The van der Waals surface area contributed by atoms with Crippen LogP contribution in [0.2, 0.25) is 0 Å². The Bertz CT molecular complexity index is 770. The normalized spacial score (nSPS) is 33.4. The van der Waals surface area contributed by atoms with Crippen molar-refractivity contribution in [3.8, 4) is 0 Å². The maximum Gasteiger partial charge on any atom is 0.308 e. The topological polar surface area (TPSA) is 98.2 Å². The van der Waals surface area contributed by atoms with E-state index in [1.165, 1.54) is 6.42 Å². The van der Waals surface area contributed by atoms with Crippen molar-refractivity contribution >= 4 is 29.5 Å². The second-order valence-electron chi connectivity index (χ2n) is 10.1. The molecule has 2 amide bonds. The van der Waals surface area contributed by atoms with Crippen LogP contribution in [0.15, 0.2) is 12.7 Å². The fourth-order valence-electron chi connectivity index (χ4n) is 6.81. The number of carbonyl (C=O) groups is 3. The fraction of sp³-hybridized carbons (Fsp3) is 0.800. The minimum absolute atomic E-state index is 0.00723. The van der Waals surface area contributed by atoms with E-state index in [2.05, 4.69) is 6.58 Å². The molecule has 5 atom stereocenters. The van der Waals surface area contributed by atoms with Crippen LogP contribution in [0.5, 0.6) is 0 Å². The smallest absolute Gasteiger partial charge is 0.308 e. The monoisotopic (exact) mass is 478 g/mol. The number of carboxylic acids is 1. The highest BCUT2D eigenvalue weighted by atomic mass is 32.2. The summed E-state index contributed by atoms with van der Waals surface area (Å²) in [5.41, 5.74) is 0. The van der Waals surface area contributed by atoms with Gasteiger partial charge in [-0.3, -0.25) is 14.4 Å². The molecule has 0 radical (unpaired) electrons. The third-order valence-electron chi connectivity index (χ3n) is 8.25. The van der Waals surface area contributed by atoms with Crippen LogP contribution in [-0.4, -0.2) is 79.6 Å². The Kier molecular flexibility index (Phi) is 7.73. The van der Waals surface area contributed by atoms with E-state index in [-0.39, 0.29) is 29.7 Å². The predicted octanol–water partition coefficient (Wildman–Crippen LogP) is 3.06. The summed E-state index contributed by atoms with van der Waals surface area (Å²) in [5, 5.41) is 18.9. The van der Waals surface area contributed by atoms with Gasteiger partial charge in [0, 0.05) is 31.0 Å². The SMILES string of the molecule is C=CCN(C(=O)C1N(CCCCCCO)C(=O)[C@@H]2[C@H](C(=O)O)[C@@H]3CCC12S3)C1CCCCC1. The van der Waals surface area contributed by atoms with Crippen LogP contribution in [0.3, 0.4) is 0 Å². The van der Waals surface area contributed by atoms with E-state index in [9.17, 15) is 19.5 Å². The summed E-state index contributed by atoms with van der Waals surface area (Å²) < 4.78 is -0.624. The van der Waals surface area contributed by atoms with Crippen LogP contribution in [0.4, 0.5) is 0 Å². The molecule has 3 aliphatic heterocycles. The van der Waals surface area contributed by atoms with Crippen molar-refractivity contribution in [1.29, 1.82) is 0 Å². The van der Waals surface area contributed by atoms with Crippen LogP contribution in [0, 0.1) is 11.8 Å². The average Bonchev–Trinajstić information content (AvgIpc) is 3.45. The highest BCUT2D eigenvalue weighted by Crippen LogP contribution is 2.66. The summed E-state index contributed by atoms with van der Waals surface area (Å²) in [6.45, 7) is 4.99. The van der Waals surface area contributed by atoms with Gasteiger partial charge in [-0.1, -0.05) is 38.2 Å². The molecule has 1 aliphatic carbocycles. The standard InChI is InChI=1S/C25H38N2O5S/c1-2-14-26(17-10-6-5-7-11-17)23(30)21-25-13-12-18(33-25)19(24(31)32)20(25)22(29)27(21)15-8-3-4-9-16-28/h2,17-21,28H,1,3-16H2,(H,31,32)/t18-,19+,20-,21?,25?/m0/s1. The number of fused-ring (bicyclic) bond motifs is 1. The first-order valence-corrected chi connectivity index (χ1v) is 13.6. The lowest BCUT2D eigenvalue weighted by Gasteiger charge is -2.41. The molecule has 4 aliphatic rings. The zero-order valence-corrected chi connectivity index (χ0v) is 20.3. The number of rotatable bonds is 11. The molecule has 2 unspecified atom stereocenters. The molecule has 0 aromatic rings. The lowest BCUT2D eigenvalue weighted by atomic mass is 9.71. The largest absolute Gasteiger partial charge is 0.481 e. The van der Waals surface area contributed by atoms with Gasteiger partial charge in [-0.15, -0.1) is 18.3 Å². The van der Waals surface area contributed by atoms with Gasteiger partial charge in [0.05, 0.1) is 16.6 Å². The minimum Gasteiger partial charge on any atom is -0.481 e. The Morgan fingerprint density at radius 3 is 2.55 bits per heavy atom. The lowest BCUT2D eigenvalue weighted by Crippen LogP contribution is -2.57. The van der Waals surface area contributed by atoms with E-state index in [4.69, 9.17) is 5.11 Å². The number of hydrogen-bond acceptors (Lipinski definition) is 5. The lowest BCUT2D eigenvalue weighted by molar-refractivity contribution is -0.148. The van der Waals surface area contributed by atoms with Crippen LogP contribution >= 0.6 is 11.8 Å². The Morgan fingerprint density at radius 2 is 1.88 bits per heavy atom. The number of thioether (sulfide) groups is 1. The molecule has 8 heteroatoms. The van der Waals surface area contributed by atoms with Crippen molar-refractivity contribution in [2.75, 3.05) is 19.7 Å². The maximum atomic E-state index is 14.2. The van der Waals surface area contributed by atoms with Crippen molar-refractivity contribution in [3.05, 3.63) is 12.7 Å². The summed E-state index contributed by atoms with van der Waals surface area (Å²) in [4.78, 5) is 43.8. The summed E-state index contributed by atoms with van der Waals surface area (Å²) in [5.74, 6) is -2.36. The van der Waals surface area contributed by atoms with Crippen molar-refractivity contribution in [1.82, 2.24) is 9.80 Å². The predicted molar refractivity (Wildman–Crippen MR) is 128 cm³/mol. The molecule has 33 heavy (non-hydrogen) atoms. The molecule has 0 aromatic heterocycles. The number of carbonyl (C=O) groups excluding carboxylic acids is 2. The number of hydrogen-bond donors (Lipinski definition) is 2. The van der Waals surface area contributed by atoms with Crippen LogP contribution in [0.1, 0.15) is 70.6 Å². The van der Waals surface area contributed by atoms with E-state index in [1.54, 1.807) is 22.7 Å². The Hall–Kier alpha value is -1.54. The molecule has 2 N–H and O–H groups in total. The molecular formula is C25H38N2O5S. The van der Waals surface area contributed by atoms with Gasteiger partial charge in [-0.05, 0) is 38.5 Å². The highest BCUT2D eigenvalue weighted by molar-refractivity contribution is 8.02. The average molecular weight is 479 g/mol. The van der Waals surface area contributed by atoms with Gasteiger partial charge < -0.3 is 20.0 Å². The van der Waals surface area contributed by atoms with E-state index >= 15 is 0 Å². The number of carboxylic acid groups (broad SMARTS) is 1. The molecule has 3 heterocycles. The second-order valence-corrected chi connectivity index (χ2v) is 11.7. The molecule has 7 nitrogen and oxygen atoms in total. The molecule has 3 saturated heterocycles. The first-order chi connectivity index (χ1) is 16.0. The number of aliphatic hydroxyl groups is 1. The van der Waals surface area contributed by atoms with Crippen molar-refractivity contribution in [2.45, 2.75) is 92.7 Å². The van der Waals surface area contributed by atoms with Gasteiger partial charge in [0.25, 0.3) is 0 Å². The summed E-state index contributed by atoms with van der Waals surface area (Å²) in [6.07, 6.45) is 11.9. The number of aliphatic carboxylic acids is 1. The summed E-state index contributed by atoms with van der Waals surface area (Å²) >= 11 is 1.61. The molecule has 4 fully saturated rings. The fourth-order valence-corrected chi connectivity index (χ4v) is 9.02. The Balaban J connectivity index is 1.63. The van der Waals surface area contributed by atoms with E-state index in [0.29, 0.717) is 13.1 Å². The van der Waals surface area contributed by atoms with Crippen LogP contribution < -0.4 is 0 Å². The highest BCUT2D eigenvalue weighted by Gasteiger charge is 2.74. The first kappa shape index (κ1) is 24.6. The van der Waals surface area contributed by atoms with Crippen molar-refractivity contribution in [2.24, 2.45) is 11.8 Å². The van der Waals surface area contributed by atoms with E-state index in [0.717, 1.165) is 64.2 Å². The zero-order chi connectivity index (χ0) is 23.6. The zero-order valence-electron chi connectivity index (χ0n) is 19.5. The molecule has 184 valence electrons. The van der Waals surface area contributed by atoms with Gasteiger partial charge in [-0.2, -0.15) is 0 Å². The number of amides is 2. The van der Waals surface area contributed by atoms with Crippen molar-refractivity contribution in [3.63, 3.8) is 0 Å². The Labute approximate surface area is 201 Å². The number of nitrogens with zero attached hydrogens (tertiary/aromatic N) is 2. The number of aliphatic hydroxyl groups excluding tert-OH is 1. The summed E-state index contributed by atoms with van der Waals surface area (Å²) in [7, 11) is 0. The van der Waals surface area contributed by atoms with Crippen LogP contribution in [-0.2, 0) is 14.4 Å². The third-order valence-corrected chi connectivity index (χ3v) is 10.2. The molecule has 1 spiro atoms. The van der Waals surface area contributed by atoms with E-state index < -0.39 is 28.6 Å². The van der Waals surface area contributed by atoms with Gasteiger partial charge in [-0.25, -0.2) is 0 Å². The third kappa shape index (κ3) is 4.33.